The molecule has 7 heteroatoms. The molecule has 0 unspecified atom stereocenters. The molecule has 3 heterocycles. The number of aromatic amines is 1. The van der Waals surface area contributed by atoms with Crippen LogP contribution in [0, 0.1) is 12.8 Å². The van der Waals surface area contributed by atoms with Crippen LogP contribution in [0.1, 0.15) is 40.2 Å². The molecule has 0 aromatic carbocycles. The largest absolute Gasteiger partial charge is 0.391 e. The zero-order chi connectivity index (χ0) is 16.4. The zero-order valence-electron chi connectivity index (χ0n) is 13.5. The third kappa shape index (κ3) is 3.61. The number of thiazole rings is 1. The van der Waals surface area contributed by atoms with Gasteiger partial charge in [0.1, 0.15) is 5.69 Å². The van der Waals surface area contributed by atoms with Gasteiger partial charge in [-0.2, -0.15) is 5.10 Å². The van der Waals surface area contributed by atoms with Gasteiger partial charge in [0.2, 0.25) is 0 Å². The topological polar surface area (TPSA) is 82.1 Å². The Morgan fingerprint density at radius 1 is 1.52 bits per heavy atom. The van der Waals surface area contributed by atoms with Gasteiger partial charge in [-0.3, -0.25) is 9.89 Å². The summed E-state index contributed by atoms with van der Waals surface area (Å²) in [5.74, 6) is -0.0567. The Kier molecular flexibility index (Phi) is 4.77. The number of likely N-dealkylation sites (tertiary alicyclic amines) is 1. The maximum absolute atomic E-state index is 12.5. The second kappa shape index (κ2) is 6.80. The molecule has 2 atom stereocenters. The average molecular weight is 334 g/mol. The molecule has 0 radical (unpaired) electrons. The first kappa shape index (κ1) is 16.1. The predicted octanol–water partition coefficient (Wildman–Crippen LogP) is 1.80. The molecular weight excluding hydrogens is 312 g/mol. The number of nitrogens with zero attached hydrogens (tertiary/aromatic N) is 3. The van der Waals surface area contributed by atoms with Crippen LogP contribution in [-0.4, -0.2) is 50.3 Å². The summed E-state index contributed by atoms with van der Waals surface area (Å²) in [4.78, 5) is 18.7. The number of amides is 1. The number of carbonyl (C=O) groups excluding carboxylic acids is 1. The minimum atomic E-state index is -0.510. The maximum atomic E-state index is 12.5. The third-order valence-corrected chi connectivity index (χ3v) is 5.07. The predicted molar refractivity (Wildman–Crippen MR) is 88.5 cm³/mol. The highest BCUT2D eigenvalue weighted by Gasteiger charge is 2.35. The first-order chi connectivity index (χ1) is 11.1. The van der Waals surface area contributed by atoms with Crippen molar-refractivity contribution in [3.63, 3.8) is 0 Å². The summed E-state index contributed by atoms with van der Waals surface area (Å²) in [6, 6.07) is 1.98. The van der Waals surface area contributed by atoms with Crippen LogP contribution in [0.25, 0.3) is 0 Å². The number of aliphatic hydroxyl groups is 1. The van der Waals surface area contributed by atoms with Crippen LogP contribution < -0.4 is 0 Å². The van der Waals surface area contributed by atoms with Gasteiger partial charge in [0.25, 0.3) is 5.91 Å². The molecule has 1 amide bonds. The molecule has 2 aromatic rings. The Balaban J connectivity index is 1.63. The molecule has 0 aliphatic carbocycles. The minimum absolute atomic E-state index is 0.0235. The summed E-state index contributed by atoms with van der Waals surface area (Å²) in [6.45, 7) is 4.97. The number of rotatable bonds is 5. The van der Waals surface area contributed by atoms with Gasteiger partial charge in [-0.05, 0) is 32.3 Å². The van der Waals surface area contributed by atoms with E-state index in [1.165, 1.54) is 11.3 Å². The number of carbonyl (C=O) groups is 1. The first-order valence-corrected chi connectivity index (χ1v) is 8.87. The second-order valence-electron chi connectivity index (χ2n) is 6.16. The molecule has 0 bridgehead atoms. The van der Waals surface area contributed by atoms with Crippen LogP contribution in [0.15, 0.2) is 11.4 Å². The van der Waals surface area contributed by atoms with Gasteiger partial charge in [0.05, 0.1) is 16.8 Å². The summed E-state index contributed by atoms with van der Waals surface area (Å²) in [5, 5.41) is 20.2. The van der Waals surface area contributed by atoms with E-state index in [0.29, 0.717) is 25.2 Å². The van der Waals surface area contributed by atoms with Crippen LogP contribution in [-0.2, 0) is 12.8 Å². The normalized spacial score (nSPS) is 21.1. The van der Waals surface area contributed by atoms with Crippen LogP contribution in [0.2, 0.25) is 0 Å². The molecule has 1 fully saturated rings. The number of aliphatic hydroxyl groups excluding tert-OH is 1. The molecule has 2 N–H and O–H groups in total. The highest BCUT2D eigenvalue weighted by Crippen LogP contribution is 2.23. The van der Waals surface area contributed by atoms with Gasteiger partial charge in [0.15, 0.2) is 0 Å². The molecule has 3 rings (SSSR count). The molecule has 124 valence electrons. The number of nitrogens with one attached hydrogen (secondary N) is 1. The fourth-order valence-corrected chi connectivity index (χ4v) is 3.84. The van der Waals surface area contributed by atoms with Crippen LogP contribution >= 0.6 is 11.3 Å². The number of H-pyrrole nitrogens is 1. The number of hydrogen-bond donors (Lipinski definition) is 2. The summed E-state index contributed by atoms with van der Waals surface area (Å²) >= 11 is 1.53. The van der Waals surface area contributed by atoms with E-state index in [-0.39, 0.29) is 11.8 Å². The second-order valence-corrected chi connectivity index (χ2v) is 7.10. The van der Waals surface area contributed by atoms with Gasteiger partial charge in [0, 0.05) is 30.1 Å². The third-order valence-electron chi connectivity index (χ3n) is 4.16. The van der Waals surface area contributed by atoms with E-state index < -0.39 is 6.10 Å². The Morgan fingerprint density at radius 3 is 3.04 bits per heavy atom. The Labute approximate surface area is 139 Å². The summed E-state index contributed by atoms with van der Waals surface area (Å²) in [6.07, 6.45) is 2.09. The molecule has 1 saturated heterocycles. The molecule has 0 saturated carbocycles. The first-order valence-electron chi connectivity index (χ1n) is 7.99. The van der Waals surface area contributed by atoms with Crippen LogP contribution in [0.5, 0.6) is 0 Å². The van der Waals surface area contributed by atoms with E-state index in [0.717, 1.165) is 29.2 Å². The minimum Gasteiger partial charge on any atom is -0.391 e. The summed E-state index contributed by atoms with van der Waals surface area (Å²) in [5.41, 5.74) is 2.44. The van der Waals surface area contributed by atoms with Crippen molar-refractivity contribution in [1.29, 1.82) is 0 Å². The SMILES string of the molecule is CCCc1nc(C(=O)N2C[C@@H](Cc3cc(C)[nH]n3)[C@H](O)C2)cs1. The lowest BCUT2D eigenvalue weighted by molar-refractivity contribution is 0.0759. The van der Waals surface area contributed by atoms with Crippen molar-refractivity contribution in [2.24, 2.45) is 5.92 Å². The van der Waals surface area contributed by atoms with Crippen molar-refractivity contribution in [2.75, 3.05) is 13.1 Å². The van der Waals surface area contributed by atoms with Crippen molar-refractivity contribution in [3.05, 3.63) is 33.5 Å². The maximum Gasteiger partial charge on any atom is 0.273 e. The Morgan fingerprint density at radius 2 is 2.35 bits per heavy atom. The smallest absolute Gasteiger partial charge is 0.273 e. The van der Waals surface area contributed by atoms with Crippen molar-refractivity contribution >= 4 is 17.2 Å². The molecule has 6 nitrogen and oxygen atoms in total. The van der Waals surface area contributed by atoms with Crippen LogP contribution in [0.4, 0.5) is 0 Å². The molecule has 1 aliphatic rings. The molecule has 0 spiro atoms. The Bertz CT molecular complexity index is 681. The molecular formula is C16H22N4O2S. The lowest BCUT2D eigenvalue weighted by atomic mass is 10.0. The van der Waals surface area contributed by atoms with Crippen molar-refractivity contribution < 1.29 is 9.90 Å². The lowest BCUT2D eigenvalue weighted by Crippen LogP contribution is -2.29. The molecule has 2 aromatic heterocycles. The standard InChI is InChI=1S/C16H22N4O2S/c1-3-4-15-17-13(9-23-15)16(22)20-7-11(14(21)8-20)6-12-5-10(2)18-19-12/h5,9,11,14,21H,3-4,6-8H2,1-2H3,(H,18,19)/t11-,14-/m1/s1. The highest BCUT2D eigenvalue weighted by molar-refractivity contribution is 7.09. The fourth-order valence-electron chi connectivity index (χ4n) is 2.97. The average Bonchev–Trinajstić information content (AvgIpc) is 3.22. The zero-order valence-corrected chi connectivity index (χ0v) is 14.3. The van der Waals surface area contributed by atoms with Gasteiger partial charge in [-0.25, -0.2) is 4.98 Å². The quantitative estimate of drug-likeness (QED) is 0.873. The van der Waals surface area contributed by atoms with E-state index in [2.05, 4.69) is 22.1 Å². The number of aromatic nitrogens is 3. The molecule has 1 aliphatic heterocycles. The van der Waals surface area contributed by atoms with Crippen molar-refractivity contribution in [3.8, 4) is 0 Å². The van der Waals surface area contributed by atoms with Crippen LogP contribution in [0.3, 0.4) is 0 Å². The van der Waals surface area contributed by atoms with Crippen molar-refractivity contribution in [2.45, 2.75) is 39.2 Å². The summed E-state index contributed by atoms with van der Waals surface area (Å²) in [7, 11) is 0. The van der Waals surface area contributed by atoms with E-state index in [4.69, 9.17) is 0 Å². The van der Waals surface area contributed by atoms with Gasteiger partial charge >= 0.3 is 0 Å². The lowest BCUT2D eigenvalue weighted by Gasteiger charge is -2.14. The number of hydrogen-bond acceptors (Lipinski definition) is 5. The monoisotopic (exact) mass is 334 g/mol. The van der Waals surface area contributed by atoms with Crippen molar-refractivity contribution in [1.82, 2.24) is 20.1 Å². The van der Waals surface area contributed by atoms with E-state index in [1.54, 1.807) is 4.90 Å². The highest BCUT2D eigenvalue weighted by atomic mass is 32.1. The molecule has 23 heavy (non-hydrogen) atoms. The van der Waals surface area contributed by atoms with Gasteiger partial charge < -0.3 is 10.0 Å². The Hall–Kier alpha value is -1.73. The van der Waals surface area contributed by atoms with E-state index >= 15 is 0 Å². The number of aryl methyl sites for hydroxylation is 2. The fraction of sp³-hybridized carbons (Fsp3) is 0.562. The van der Waals surface area contributed by atoms with Gasteiger partial charge in [-0.1, -0.05) is 6.92 Å². The van der Waals surface area contributed by atoms with Gasteiger partial charge in [-0.15, -0.1) is 11.3 Å². The number of β-amino-alcohol motifs (C(OH)–C–C–N with tert-alkyl or cyclic N) is 1. The van der Waals surface area contributed by atoms with E-state index in [9.17, 15) is 9.90 Å². The van der Waals surface area contributed by atoms with E-state index in [1.807, 2.05) is 18.4 Å². The summed E-state index contributed by atoms with van der Waals surface area (Å²) < 4.78 is 0.